The number of hydrogen-bond acceptors (Lipinski definition) is 5. The van der Waals surface area contributed by atoms with Crippen molar-refractivity contribution in [1.82, 2.24) is 4.90 Å². The van der Waals surface area contributed by atoms with Crippen LogP contribution in [0.2, 0.25) is 5.02 Å². The molecule has 1 saturated heterocycles. The van der Waals surface area contributed by atoms with Gasteiger partial charge in [-0.15, -0.1) is 0 Å². The van der Waals surface area contributed by atoms with Gasteiger partial charge in [-0.25, -0.2) is 0 Å². The number of hydrogen-bond donors (Lipinski definition) is 1. The number of halogens is 1. The number of morpholine rings is 1. The maximum atomic E-state index is 12.6. The number of carbonyl (C=O) groups is 1. The topological polar surface area (TPSA) is 63.9 Å². The maximum absolute atomic E-state index is 12.6. The molecule has 0 atom stereocenters. The lowest BCUT2D eigenvalue weighted by Crippen LogP contribution is -2.35. The van der Waals surface area contributed by atoms with Gasteiger partial charge in [-0.1, -0.05) is 23.7 Å². The Labute approximate surface area is 180 Å². The van der Waals surface area contributed by atoms with Crippen molar-refractivity contribution >= 4 is 23.2 Å². The summed E-state index contributed by atoms with van der Waals surface area (Å²) < 4.78 is 16.7. The molecule has 0 spiro atoms. The van der Waals surface area contributed by atoms with E-state index in [9.17, 15) is 4.79 Å². The maximum Gasteiger partial charge on any atom is 0.291 e. The first-order valence-electron chi connectivity index (χ1n) is 9.83. The van der Waals surface area contributed by atoms with Crippen molar-refractivity contribution < 1.29 is 18.7 Å². The van der Waals surface area contributed by atoms with E-state index in [1.165, 1.54) is 0 Å². The minimum absolute atomic E-state index is 0.226. The average molecular weight is 427 g/mol. The molecule has 30 heavy (non-hydrogen) atoms. The zero-order valence-corrected chi connectivity index (χ0v) is 17.2. The molecule has 0 bridgehead atoms. The lowest BCUT2D eigenvalue weighted by molar-refractivity contribution is 0.0342. The Bertz CT molecular complexity index is 981. The summed E-state index contributed by atoms with van der Waals surface area (Å²) in [5, 5.41) is 3.54. The molecule has 1 aliphatic rings. The first-order chi connectivity index (χ1) is 14.7. The number of nitrogens with zero attached hydrogens (tertiary/aromatic N) is 1. The van der Waals surface area contributed by atoms with E-state index in [-0.39, 0.29) is 18.3 Å². The van der Waals surface area contributed by atoms with Crippen LogP contribution in [0, 0.1) is 0 Å². The number of ether oxygens (including phenoxy) is 2. The predicted molar refractivity (Wildman–Crippen MR) is 115 cm³/mol. The van der Waals surface area contributed by atoms with E-state index in [1.807, 2.05) is 18.2 Å². The molecule has 1 amide bonds. The fourth-order valence-corrected chi connectivity index (χ4v) is 3.35. The van der Waals surface area contributed by atoms with E-state index in [0.29, 0.717) is 16.5 Å². The molecule has 7 heteroatoms. The number of amides is 1. The molecule has 1 aliphatic heterocycles. The fraction of sp³-hybridized carbons (Fsp3) is 0.261. The molecule has 2 heterocycles. The van der Waals surface area contributed by atoms with Crippen LogP contribution in [0.15, 0.2) is 65.1 Å². The van der Waals surface area contributed by atoms with E-state index >= 15 is 0 Å². The molecule has 4 rings (SSSR count). The Morgan fingerprint density at radius 1 is 1.07 bits per heavy atom. The monoisotopic (exact) mass is 426 g/mol. The van der Waals surface area contributed by atoms with E-state index in [4.69, 9.17) is 25.5 Å². The third-order valence-electron chi connectivity index (χ3n) is 4.77. The Balaban J connectivity index is 1.32. The van der Waals surface area contributed by atoms with Crippen LogP contribution in [0.4, 0.5) is 5.69 Å². The van der Waals surface area contributed by atoms with Crippen LogP contribution < -0.4 is 10.1 Å². The third-order valence-corrected chi connectivity index (χ3v) is 5.03. The van der Waals surface area contributed by atoms with Crippen molar-refractivity contribution in [3.05, 3.63) is 82.8 Å². The zero-order valence-electron chi connectivity index (χ0n) is 16.5. The molecule has 0 unspecified atom stereocenters. The Hall–Kier alpha value is -2.80. The van der Waals surface area contributed by atoms with E-state index in [0.717, 1.165) is 44.1 Å². The number of furan rings is 1. The molecule has 2 aromatic carbocycles. The molecule has 0 radical (unpaired) electrons. The van der Waals surface area contributed by atoms with Crippen LogP contribution >= 0.6 is 11.6 Å². The summed E-state index contributed by atoms with van der Waals surface area (Å²) in [4.78, 5) is 14.9. The van der Waals surface area contributed by atoms with Crippen molar-refractivity contribution in [3.63, 3.8) is 0 Å². The zero-order chi connectivity index (χ0) is 20.8. The van der Waals surface area contributed by atoms with Crippen LogP contribution in [-0.2, 0) is 17.9 Å². The Kier molecular flexibility index (Phi) is 6.69. The smallest absolute Gasteiger partial charge is 0.291 e. The molecule has 3 aromatic rings. The number of nitrogens with one attached hydrogen (secondary N) is 1. The first-order valence-corrected chi connectivity index (χ1v) is 10.2. The molecule has 6 nitrogen and oxygen atoms in total. The summed E-state index contributed by atoms with van der Waals surface area (Å²) in [5.74, 6) is 1.19. The van der Waals surface area contributed by atoms with Gasteiger partial charge in [-0.3, -0.25) is 9.69 Å². The molecule has 156 valence electrons. The lowest BCUT2D eigenvalue weighted by Gasteiger charge is -2.26. The van der Waals surface area contributed by atoms with Gasteiger partial charge in [-0.05, 0) is 54.1 Å². The van der Waals surface area contributed by atoms with Crippen molar-refractivity contribution in [2.45, 2.75) is 13.2 Å². The van der Waals surface area contributed by atoms with E-state index < -0.39 is 0 Å². The first kappa shape index (κ1) is 20.5. The number of rotatable bonds is 7. The second-order valence-corrected chi connectivity index (χ2v) is 7.49. The van der Waals surface area contributed by atoms with Gasteiger partial charge in [0.2, 0.25) is 0 Å². The van der Waals surface area contributed by atoms with Gasteiger partial charge in [0.25, 0.3) is 5.91 Å². The summed E-state index contributed by atoms with van der Waals surface area (Å²) in [7, 11) is 0. The van der Waals surface area contributed by atoms with Crippen molar-refractivity contribution in [3.8, 4) is 5.75 Å². The highest BCUT2D eigenvalue weighted by atomic mass is 35.5. The van der Waals surface area contributed by atoms with Gasteiger partial charge < -0.3 is 19.2 Å². The van der Waals surface area contributed by atoms with Crippen LogP contribution in [-0.4, -0.2) is 37.1 Å². The molecule has 1 N–H and O–H groups in total. The second kappa shape index (κ2) is 9.80. The average Bonchev–Trinajstić information content (AvgIpc) is 3.24. The highest BCUT2D eigenvalue weighted by molar-refractivity contribution is 6.30. The van der Waals surface area contributed by atoms with E-state index in [1.54, 1.807) is 36.4 Å². The highest BCUT2D eigenvalue weighted by Crippen LogP contribution is 2.19. The standard InChI is InChI=1S/C23H23ClN2O4/c24-18-4-6-20(7-5-18)29-16-21-8-9-22(30-21)23(27)25-19-3-1-2-17(14-19)15-26-10-12-28-13-11-26/h1-9,14H,10-13,15-16H2,(H,25,27). The van der Waals surface area contributed by atoms with Crippen molar-refractivity contribution in [1.29, 1.82) is 0 Å². The minimum atomic E-state index is -0.295. The highest BCUT2D eigenvalue weighted by Gasteiger charge is 2.14. The van der Waals surface area contributed by atoms with Gasteiger partial charge in [0.05, 0.1) is 13.2 Å². The summed E-state index contributed by atoms with van der Waals surface area (Å²) in [6, 6.07) is 18.3. The third kappa shape index (κ3) is 5.63. The Morgan fingerprint density at radius 3 is 2.67 bits per heavy atom. The van der Waals surface area contributed by atoms with Crippen LogP contribution in [0.3, 0.4) is 0 Å². The number of anilines is 1. The minimum Gasteiger partial charge on any atom is -0.486 e. The van der Waals surface area contributed by atoms with Crippen LogP contribution in [0.25, 0.3) is 0 Å². The van der Waals surface area contributed by atoms with Gasteiger partial charge in [0, 0.05) is 30.3 Å². The van der Waals surface area contributed by atoms with Crippen molar-refractivity contribution in [2.75, 3.05) is 31.6 Å². The van der Waals surface area contributed by atoms with Crippen LogP contribution in [0.1, 0.15) is 21.9 Å². The predicted octanol–water partition coefficient (Wildman–Crippen LogP) is 4.60. The molecule has 0 aliphatic carbocycles. The molecular formula is C23H23ClN2O4. The summed E-state index contributed by atoms with van der Waals surface area (Å²) in [5.41, 5.74) is 1.88. The van der Waals surface area contributed by atoms with Crippen LogP contribution in [0.5, 0.6) is 5.75 Å². The second-order valence-electron chi connectivity index (χ2n) is 7.05. The summed E-state index contributed by atoms with van der Waals surface area (Å²) in [6.07, 6.45) is 0. The quantitative estimate of drug-likeness (QED) is 0.598. The molecule has 0 saturated carbocycles. The van der Waals surface area contributed by atoms with Gasteiger partial charge in [-0.2, -0.15) is 0 Å². The van der Waals surface area contributed by atoms with Gasteiger partial charge in [0.1, 0.15) is 18.1 Å². The van der Waals surface area contributed by atoms with E-state index in [2.05, 4.69) is 16.3 Å². The molecule has 1 fully saturated rings. The lowest BCUT2D eigenvalue weighted by atomic mass is 10.2. The molecular weight excluding hydrogens is 404 g/mol. The SMILES string of the molecule is O=C(Nc1cccc(CN2CCOCC2)c1)c1ccc(COc2ccc(Cl)cc2)o1. The van der Waals surface area contributed by atoms with Gasteiger partial charge in [0.15, 0.2) is 5.76 Å². The fourth-order valence-electron chi connectivity index (χ4n) is 3.22. The van der Waals surface area contributed by atoms with Gasteiger partial charge >= 0.3 is 0 Å². The number of benzene rings is 2. The summed E-state index contributed by atoms with van der Waals surface area (Å²) in [6.45, 7) is 4.43. The van der Waals surface area contributed by atoms with Crippen molar-refractivity contribution in [2.24, 2.45) is 0 Å². The largest absolute Gasteiger partial charge is 0.486 e. The molecule has 1 aromatic heterocycles. The summed E-state index contributed by atoms with van der Waals surface area (Å²) >= 11 is 5.87. The number of carbonyl (C=O) groups excluding carboxylic acids is 1. The Morgan fingerprint density at radius 2 is 1.87 bits per heavy atom. The normalized spacial score (nSPS) is 14.4.